The van der Waals surface area contributed by atoms with Gasteiger partial charge in [-0.3, -0.25) is 0 Å². The van der Waals surface area contributed by atoms with Crippen LogP contribution in [-0.2, 0) is 6.42 Å². The number of nitrogens with two attached hydrogens (primary N) is 1. The first-order valence-electron chi connectivity index (χ1n) is 7.35. The molecule has 2 N–H and O–H groups in total. The number of aromatic nitrogens is 2. The highest BCUT2D eigenvalue weighted by molar-refractivity contribution is 5.17. The predicted octanol–water partition coefficient (Wildman–Crippen LogP) is 3.22. The highest BCUT2D eigenvalue weighted by atomic mass is 16.5. The largest absolute Gasteiger partial charge is 0.338 e. The Morgan fingerprint density at radius 2 is 2.10 bits per heavy atom. The van der Waals surface area contributed by atoms with E-state index in [4.69, 9.17) is 10.3 Å². The summed E-state index contributed by atoms with van der Waals surface area (Å²) in [5, 5.41) is 4.13. The standard InChI is InChI=1S/C16H21N3O/c1-11-7-8-13(9-11)15-18-16(20-19-15)14(17)10-12-5-3-2-4-6-12/h2-6,11,13-14H,7-10,17H2,1H3/t11?,13?,14-/m0/s1. The average Bonchev–Trinajstić information content (AvgIpc) is 3.08. The molecular formula is C16H21N3O. The minimum atomic E-state index is -0.225. The molecule has 2 aromatic rings. The number of rotatable bonds is 4. The van der Waals surface area contributed by atoms with Crippen molar-refractivity contribution in [3.63, 3.8) is 0 Å². The first-order chi connectivity index (χ1) is 9.72. The molecule has 1 aliphatic carbocycles. The summed E-state index contributed by atoms with van der Waals surface area (Å²) >= 11 is 0. The second-order valence-electron chi connectivity index (χ2n) is 5.90. The molecule has 106 valence electrons. The van der Waals surface area contributed by atoms with Crippen LogP contribution in [0, 0.1) is 5.92 Å². The Morgan fingerprint density at radius 1 is 1.30 bits per heavy atom. The van der Waals surface area contributed by atoms with Gasteiger partial charge < -0.3 is 10.3 Å². The lowest BCUT2D eigenvalue weighted by molar-refractivity contribution is 0.347. The van der Waals surface area contributed by atoms with Crippen molar-refractivity contribution in [1.82, 2.24) is 10.1 Å². The van der Waals surface area contributed by atoms with E-state index in [2.05, 4.69) is 29.2 Å². The van der Waals surface area contributed by atoms with E-state index in [1.54, 1.807) is 0 Å². The van der Waals surface area contributed by atoms with Gasteiger partial charge in [0.05, 0.1) is 6.04 Å². The van der Waals surface area contributed by atoms with E-state index in [9.17, 15) is 0 Å². The molecule has 0 radical (unpaired) electrons. The Hall–Kier alpha value is -1.68. The third-order valence-electron chi connectivity index (χ3n) is 4.13. The summed E-state index contributed by atoms with van der Waals surface area (Å²) in [7, 11) is 0. The van der Waals surface area contributed by atoms with Crippen LogP contribution in [0.3, 0.4) is 0 Å². The highest BCUT2D eigenvalue weighted by Gasteiger charge is 2.27. The van der Waals surface area contributed by atoms with Crippen LogP contribution in [-0.4, -0.2) is 10.1 Å². The van der Waals surface area contributed by atoms with Gasteiger partial charge in [-0.2, -0.15) is 4.98 Å². The van der Waals surface area contributed by atoms with E-state index in [0.717, 1.165) is 31.0 Å². The second-order valence-corrected chi connectivity index (χ2v) is 5.90. The highest BCUT2D eigenvalue weighted by Crippen LogP contribution is 2.36. The molecule has 1 fully saturated rings. The molecule has 0 spiro atoms. The van der Waals surface area contributed by atoms with Gasteiger partial charge in [0.25, 0.3) is 0 Å². The van der Waals surface area contributed by atoms with Gasteiger partial charge in [0.15, 0.2) is 5.82 Å². The zero-order valence-electron chi connectivity index (χ0n) is 11.8. The predicted molar refractivity (Wildman–Crippen MR) is 77.1 cm³/mol. The molecule has 1 aromatic carbocycles. The zero-order valence-corrected chi connectivity index (χ0v) is 11.8. The van der Waals surface area contributed by atoms with E-state index < -0.39 is 0 Å². The number of nitrogens with zero attached hydrogens (tertiary/aromatic N) is 2. The molecule has 4 nitrogen and oxygen atoms in total. The fourth-order valence-electron chi connectivity index (χ4n) is 2.96. The Morgan fingerprint density at radius 3 is 2.80 bits per heavy atom. The van der Waals surface area contributed by atoms with Crippen LogP contribution in [0.4, 0.5) is 0 Å². The summed E-state index contributed by atoms with van der Waals surface area (Å²) in [5.74, 6) is 2.61. The molecular weight excluding hydrogens is 250 g/mol. The Balaban J connectivity index is 1.67. The normalized spacial score (nSPS) is 23.9. The van der Waals surface area contributed by atoms with Gasteiger partial charge in [-0.15, -0.1) is 0 Å². The molecule has 1 heterocycles. The summed E-state index contributed by atoms with van der Waals surface area (Å²) in [4.78, 5) is 4.52. The molecule has 4 heteroatoms. The van der Waals surface area contributed by atoms with Gasteiger partial charge in [-0.05, 0) is 37.2 Å². The van der Waals surface area contributed by atoms with E-state index in [0.29, 0.717) is 11.8 Å². The summed E-state index contributed by atoms with van der Waals surface area (Å²) in [6.07, 6.45) is 4.30. The Labute approximate surface area is 119 Å². The molecule has 1 saturated carbocycles. The number of hydrogen-bond acceptors (Lipinski definition) is 4. The van der Waals surface area contributed by atoms with Crippen molar-refractivity contribution in [1.29, 1.82) is 0 Å². The summed E-state index contributed by atoms with van der Waals surface area (Å²) in [5.41, 5.74) is 7.36. The molecule has 20 heavy (non-hydrogen) atoms. The van der Waals surface area contributed by atoms with Crippen LogP contribution in [0.1, 0.15) is 55.4 Å². The van der Waals surface area contributed by atoms with Crippen molar-refractivity contribution >= 4 is 0 Å². The van der Waals surface area contributed by atoms with Gasteiger partial charge in [-0.1, -0.05) is 42.4 Å². The third kappa shape index (κ3) is 2.90. The molecule has 0 bridgehead atoms. The monoisotopic (exact) mass is 271 g/mol. The van der Waals surface area contributed by atoms with Crippen LogP contribution in [0.2, 0.25) is 0 Å². The maximum Gasteiger partial charge on any atom is 0.243 e. The maximum atomic E-state index is 6.17. The van der Waals surface area contributed by atoms with Gasteiger partial charge in [0.2, 0.25) is 5.89 Å². The van der Waals surface area contributed by atoms with Crippen molar-refractivity contribution < 1.29 is 4.52 Å². The fraction of sp³-hybridized carbons (Fsp3) is 0.500. The van der Waals surface area contributed by atoms with Crippen molar-refractivity contribution in [3.8, 4) is 0 Å². The second kappa shape index (κ2) is 5.75. The fourth-order valence-corrected chi connectivity index (χ4v) is 2.96. The van der Waals surface area contributed by atoms with Gasteiger partial charge in [0.1, 0.15) is 0 Å². The molecule has 1 aromatic heterocycles. The molecule has 0 amide bonds. The molecule has 3 rings (SSSR count). The molecule has 0 saturated heterocycles. The van der Waals surface area contributed by atoms with Crippen molar-refractivity contribution in [3.05, 3.63) is 47.6 Å². The lowest BCUT2D eigenvalue weighted by Gasteiger charge is -2.06. The van der Waals surface area contributed by atoms with Gasteiger partial charge >= 0.3 is 0 Å². The molecule has 1 aliphatic rings. The summed E-state index contributed by atoms with van der Waals surface area (Å²) in [6, 6.07) is 9.94. The van der Waals surface area contributed by atoms with Gasteiger partial charge in [0, 0.05) is 5.92 Å². The quantitative estimate of drug-likeness (QED) is 0.927. The minimum absolute atomic E-state index is 0.225. The molecule has 3 atom stereocenters. The van der Waals surface area contributed by atoms with E-state index >= 15 is 0 Å². The topological polar surface area (TPSA) is 64.9 Å². The average molecular weight is 271 g/mol. The van der Waals surface area contributed by atoms with Crippen LogP contribution in [0.15, 0.2) is 34.9 Å². The zero-order chi connectivity index (χ0) is 13.9. The maximum absolute atomic E-state index is 6.17. The van der Waals surface area contributed by atoms with Crippen molar-refractivity contribution in [2.75, 3.05) is 0 Å². The van der Waals surface area contributed by atoms with Gasteiger partial charge in [-0.25, -0.2) is 0 Å². The first kappa shape index (κ1) is 13.3. The number of benzene rings is 1. The van der Waals surface area contributed by atoms with Crippen LogP contribution in [0.5, 0.6) is 0 Å². The van der Waals surface area contributed by atoms with Crippen LogP contribution in [0.25, 0.3) is 0 Å². The minimum Gasteiger partial charge on any atom is -0.338 e. The third-order valence-corrected chi connectivity index (χ3v) is 4.13. The molecule has 0 aliphatic heterocycles. The Bertz CT molecular complexity index is 552. The lowest BCUT2D eigenvalue weighted by atomic mass is 10.1. The van der Waals surface area contributed by atoms with Crippen molar-refractivity contribution in [2.24, 2.45) is 11.7 Å². The van der Waals surface area contributed by atoms with E-state index in [1.165, 1.54) is 12.0 Å². The summed E-state index contributed by atoms with van der Waals surface area (Å²) in [6.45, 7) is 2.28. The molecule has 2 unspecified atom stereocenters. The Kier molecular flexibility index (Phi) is 3.83. The van der Waals surface area contributed by atoms with Crippen molar-refractivity contribution in [2.45, 2.75) is 44.6 Å². The van der Waals surface area contributed by atoms with Crippen LogP contribution >= 0.6 is 0 Å². The van der Waals surface area contributed by atoms with E-state index in [1.807, 2.05) is 18.2 Å². The first-order valence-corrected chi connectivity index (χ1v) is 7.35. The smallest absolute Gasteiger partial charge is 0.243 e. The number of hydrogen-bond donors (Lipinski definition) is 1. The summed E-state index contributed by atoms with van der Waals surface area (Å²) < 4.78 is 5.36. The van der Waals surface area contributed by atoms with E-state index in [-0.39, 0.29) is 6.04 Å². The SMILES string of the molecule is CC1CCC(c2noc([C@@H](N)Cc3ccccc3)n2)C1. The lowest BCUT2D eigenvalue weighted by Crippen LogP contribution is -2.14. The van der Waals surface area contributed by atoms with Crippen LogP contribution < -0.4 is 5.73 Å².